The van der Waals surface area contributed by atoms with E-state index < -0.39 is 0 Å². The number of hydrogen-bond donors (Lipinski definition) is 2. The lowest BCUT2D eigenvalue weighted by Gasteiger charge is -2.07. The maximum atomic E-state index is 12.2. The highest BCUT2D eigenvalue weighted by Gasteiger charge is 2.10. The van der Waals surface area contributed by atoms with E-state index in [1.165, 1.54) is 0 Å². The number of H-pyrrole nitrogens is 1. The van der Waals surface area contributed by atoms with Crippen LogP contribution < -0.4 is 11.3 Å². The topological polar surface area (TPSA) is 71.8 Å². The molecule has 3 rings (SSSR count). The van der Waals surface area contributed by atoms with Gasteiger partial charge in [0.05, 0.1) is 11.0 Å². The van der Waals surface area contributed by atoms with Crippen molar-refractivity contribution in [1.82, 2.24) is 9.97 Å². The van der Waals surface area contributed by atoms with E-state index in [1.54, 1.807) is 12.1 Å². The first-order valence-electron chi connectivity index (χ1n) is 6.42. The summed E-state index contributed by atoms with van der Waals surface area (Å²) in [7, 11) is 0. The van der Waals surface area contributed by atoms with Crippen LogP contribution in [0.4, 0.5) is 5.69 Å². The van der Waals surface area contributed by atoms with Crippen molar-refractivity contribution in [2.45, 2.75) is 13.8 Å². The predicted octanol–water partition coefficient (Wildman–Crippen LogP) is 2.79. The Morgan fingerprint density at radius 1 is 1.10 bits per heavy atom. The molecule has 0 aliphatic heterocycles. The number of aryl methyl sites for hydroxylation is 2. The maximum absolute atomic E-state index is 12.2. The van der Waals surface area contributed by atoms with E-state index in [0.717, 1.165) is 22.2 Å². The summed E-state index contributed by atoms with van der Waals surface area (Å²) >= 11 is 0. The number of fused-ring (bicyclic) bond motifs is 1. The van der Waals surface area contributed by atoms with Gasteiger partial charge in [0.1, 0.15) is 5.69 Å². The second kappa shape index (κ2) is 4.49. The smallest absolute Gasteiger partial charge is 0.275 e. The van der Waals surface area contributed by atoms with E-state index in [0.29, 0.717) is 16.9 Å². The van der Waals surface area contributed by atoms with E-state index >= 15 is 0 Å². The van der Waals surface area contributed by atoms with Crippen LogP contribution in [0.25, 0.3) is 22.3 Å². The van der Waals surface area contributed by atoms with Crippen LogP contribution in [0.1, 0.15) is 11.1 Å². The molecular weight excluding hydrogens is 250 g/mol. The van der Waals surface area contributed by atoms with Crippen molar-refractivity contribution in [1.29, 1.82) is 0 Å². The Kier molecular flexibility index (Phi) is 2.79. The summed E-state index contributed by atoms with van der Waals surface area (Å²) in [5, 5.41) is 0. The molecule has 0 saturated heterocycles. The number of hydrogen-bond acceptors (Lipinski definition) is 3. The predicted molar refractivity (Wildman–Crippen MR) is 81.7 cm³/mol. The first kappa shape index (κ1) is 12.4. The third-order valence-electron chi connectivity index (χ3n) is 3.52. The summed E-state index contributed by atoms with van der Waals surface area (Å²) in [5.41, 5.74) is 11.1. The Balaban J connectivity index is 2.33. The number of nitrogens with zero attached hydrogens (tertiary/aromatic N) is 1. The summed E-state index contributed by atoms with van der Waals surface area (Å²) < 4.78 is 0. The molecular formula is C16H15N3O. The van der Waals surface area contributed by atoms with Gasteiger partial charge in [0.25, 0.3) is 5.56 Å². The zero-order valence-corrected chi connectivity index (χ0v) is 11.4. The number of aromatic amines is 1. The van der Waals surface area contributed by atoms with Gasteiger partial charge >= 0.3 is 0 Å². The molecule has 0 unspecified atom stereocenters. The number of benzene rings is 2. The minimum Gasteiger partial charge on any atom is -0.398 e. The largest absolute Gasteiger partial charge is 0.398 e. The summed E-state index contributed by atoms with van der Waals surface area (Å²) in [4.78, 5) is 19.6. The normalized spacial score (nSPS) is 10.9. The molecule has 0 amide bonds. The molecule has 0 aliphatic carbocycles. The standard InChI is InChI=1S/C16H15N3O/c1-9-7-13-14(8-10(9)2)19-16(20)15(18-13)11-5-3-4-6-12(11)17/h3-8H,17H2,1-2H3,(H,19,20). The van der Waals surface area contributed by atoms with Crippen molar-refractivity contribution in [3.05, 3.63) is 57.9 Å². The van der Waals surface area contributed by atoms with Crippen LogP contribution in [-0.4, -0.2) is 9.97 Å². The minimum absolute atomic E-state index is 0.223. The summed E-state index contributed by atoms with van der Waals surface area (Å²) in [5.74, 6) is 0. The van der Waals surface area contributed by atoms with Crippen LogP contribution in [0.5, 0.6) is 0 Å². The second-order valence-electron chi connectivity index (χ2n) is 4.96. The molecule has 0 bridgehead atoms. The van der Waals surface area contributed by atoms with Gasteiger partial charge in [0.2, 0.25) is 0 Å². The average molecular weight is 265 g/mol. The molecule has 3 N–H and O–H groups in total. The van der Waals surface area contributed by atoms with E-state index in [9.17, 15) is 4.79 Å². The second-order valence-corrected chi connectivity index (χ2v) is 4.96. The van der Waals surface area contributed by atoms with Crippen molar-refractivity contribution in [2.75, 3.05) is 5.73 Å². The zero-order valence-electron chi connectivity index (χ0n) is 11.4. The molecule has 0 aliphatic rings. The van der Waals surface area contributed by atoms with Crippen molar-refractivity contribution in [3.8, 4) is 11.3 Å². The van der Waals surface area contributed by atoms with E-state index in [1.807, 2.05) is 38.1 Å². The molecule has 0 saturated carbocycles. The van der Waals surface area contributed by atoms with E-state index in [2.05, 4.69) is 9.97 Å². The average Bonchev–Trinajstić information content (AvgIpc) is 2.41. The lowest BCUT2D eigenvalue weighted by atomic mass is 10.1. The lowest BCUT2D eigenvalue weighted by molar-refractivity contribution is 1.21. The van der Waals surface area contributed by atoms with Gasteiger partial charge in [0, 0.05) is 11.3 Å². The molecule has 1 heterocycles. The third-order valence-corrected chi connectivity index (χ3v) is 3.52. The fourth-order valence-corrected chi connectivity index (χ4v) is 2.24. The van der Waals surface area contributed by atoms with Crippen molar-refractivity contribution < 1.29 is 0 Å². The molecule has 4 nitrogen and oxygen atoms in total. The van der Waals surface area contributed by atoms with Crippen LogP contribution in [-0.2, 0) is 0 Å². The van der Waals surface area contributed by atoms with Crippen LogP contribution in [0.3, 0.4) is 0 Å². The van der Waals surface area contributed by atoms with Crippen LogP contribution in [0.2, 0.25) is 0 Å². The fraction of sp³-hybridized carbons (Fsp3) is 0.125. The van der Waals surface area contributed by atoms with E-state index in [-0.39, 0.29) is 5.56 Å². The molecule has 0 atom stereocenters. The highest BCUT2D eigenvalue weighted by molar-refractivity contribution is 5.81. The Bertz CT molecular complexity index is 865. The molecule has 2 aromatic carbocycles. The number of nitrogen functional groups attached to an aromatic ring is 1. The fourth-order valence-electron chi connectivity index (χ4n) is 2.24. The summed E-state index contributed by atoms with van der Waals surface area (Å²) in [6, 6.07) is 11.2. The molecule has 4 heteroatoms. The SMILES string of the molecule is Cc1cc2nc(-c3ccccc3N)c(=O)[nH]c2cc1C. The lowest BCUT2D eigenvalue weighted by Crippen LogP contribution is -2.12. The van der Waals surface area contributed by atoms with Crippen LogP contribution in [0, 0.1) is 13.8 Å². The number of aromatic nitrogens is 2. The Morgan fingerprint density at radius 3 is 2.55 bits per heavy atom. The molecule has 0 spiro atoms. The monoisotopic (exact) mass is 265 g/mol. The van der Waals surface area contributed by atoms with Gasteiger partial charge in [0.15, 0.2) is 0 Å². The minimum atomic E-state index is -0.223. The van der Waals surface area contributed by atoms with Gasteiger partial charge in [-0.1, -0.05) is 18.2 Å². The first-order chi connectivity index (χ1) is 9.56. The number of nitrogens with two attached hydrogens (primary N) is 1. The highest BCUT2D eigenvalue weighted by Crippen LogP contribution is 2.23. The Hall–Kier alpha value is -2.62. The van der Waals surface area contributed by atoms with Gasteiger partial charge in [-0.05, 0) is 43.2 Å². The van der Waals surface area contributed by atoms with Crippen LogP contribution in [0.15, 0.2) is 41.2 Å². The van der Waals surface area contributed by atoms with Gasteiger partial charge < -0.3 is 10.7 Å². The van der Waals surface area contributed by atoms with Gasteiger partial charge in [-0.25, -0.2) is 4.98 Å². The molecule has 3 aromatic rings. The quantitative estimate of drug-likeness (QED) is 0.664. The molecule has 1 aromatic heterocycles. The molecule has 20 heavy (non-hydrogen) atoms. The highest BCUT2D eigenvalue weighted by atomic mass is 16.1. The number of rotatable bonds is 1. The Labute approximate surface area is 116 Å². The Morgan fingerprint density at radius 2 is 1.80 bits per heavy atom. The van der Waals surface area contributed by atoms with Crippen molar-refractivity contribution in [2.24, 2.45) is 0 Å². The van der Waals surface area contributed by atoms with Crippen LogP contribution >= 0.6 is 0 Å². The van der Waals surface area contributed by atoms with E-state index in [4.69, 9.17) is 5.73 Å². The maximum Gasteiger partial charge on any atom is 0.275 e. The number of anilines is 1. The zero-order chi connectivity index (χ0) is 14.3. The van der Waals surface area contributed by atoms with Crippen molar-refractivity contribution in [3.63, 3.8) is 0 Å². The van der Waals surface area contributed by atoms with Crippen molar-refractivity contribution >= 4 is 16.7 Å². The molecule has 0 radical (unpaired) electrons. The molecule has 0 fully saturated rings. The van der Waals surface area contributed by atoms with Gasteiger partial charge in [-0.15, -0.1) is 0 Å². The van der Waals surface area contributed by atoms with Gasteiger partial charge in [-0.2, -0.15) is 0 Å². The summed E-state index contributed by atoms with van der Waals surface area (Å²) in [6.07, 6.45) is 0. The molecule has 100 valence electrons. The third kappa shape index (κ3) is 1.95. The first-order valence-corrected chi connectivity index (χ1v) is 6.42. The number of nitrogens with one attached hydrogen (secondary N) is 1. The number of para-hydroxylation sites is 1. The summed E-state index contributed by atoms with van der Waals surface area (Å²) in [6.45, 7) is 4.04. The van der Waals surface area contributed by atoms with Gasteiger partial charge in [-0.3, -0.25) is 4.79 Å².